The zero-order valence-electron chi connectivity index (χ0n) is 10.9. The average molecular weight is 285 g/mol. The number of carbonyl (C=O) groups excluding carboxylic acids is 1. The minimum absolute atomic E-state index is 0.262. The van der Waals surface area contributed by atoms with Crippen LogP contribution in [-0.4, -0.2) is 32.7 Å². The Morgan fingerprint density at radius 1 is 1.53 bits per heavy atom. The average Bonchev–Trinajstić information content (AvgIpc) is 2.92. The number of halogens is 1. The Balaban J connectivity index is 2.02. The fourth-order valence-corrected chi connectivity index (χ4v) is 2.36. The number of rotatable bonds is 6. The van der Waals surface area contributed by atoms with Crippen LogP contribution in [0.5, 0.6) is 11.5 Å². The van der Waals surface area contributed by atoms with Crippen LogP contribution in [0, 0.1) is 0 Å². The molecule has 0 aromatic heterocycles. The second-order valence-electron chi connectivity index (χ2n) is 4.42. The van der Waals surface area contributed by atoms with Gasteiger partial charge < -0.3 is 14.2 Å². The molecule has 19 heavy (non-hydrogen) atoms. The zero-order valence-corrected chi connectivity index (χ0v) is 11.6. The Morgan fingerprint density at radius 2 is 2.37 bits per heavy atom. The highest BCUT2D eigenvalue weighted by Gasteiger charge is 2.17. The predicted molar refractivity (Wildman–Crippen MR) is 72.5 cm³/mol. The molecule has 0 bridgehead atoms. The van der Waals surface area contributed by atoms with Crippen molar-refractivity contribution in [2.75, 3.05) is 20.3 Å². The number of methoxy groups -OCH3 is 1. The lowest BCUT2D eigenvalue weighted by Gasteiger charge is -2.15. The summed E-state index contributed by atoms with van der Waals surface area (Å²) in [5.41, 5.74) is 0.400. The molecule has 0 saturated carbocycles. The van der Waals surface area contributed by atoms with E-state index in [1.807, 2.05) is 0 Å². The van der Waals surface area contributed by atoms with Crippen LogP contribution in [0.4, 0.5) is 0 Å². The molecule has 0 radical (unpaired) electrons. The summed E-state index contributed by atoms with van der Waals surface area (Å²) >= 11 is 5.90. The Kier molecular flexibility index (Phi) is 5.05. The van der Waals surface area contributed by atoms with Gasteiger partial charge in [-0.05, 0) is 18.9 Å². The van der Waals surface area contributed by atoms with Gasteiger partial charge in [0.2, 0.25) is 0 Å². The van der Waals surface area contributed by atoms with Crippen molar-refractivity contribution < 1.29 is 19.0 Å². The standard InChI is InChI=1S/C14H17ClO4/c1-17-13-8-11(15)7-10(9-16)14(13)19-6-4-12-3-2-5-18-12/h7-9,12H,2-6H2,1H3. The topological polar surface area (TPSA) is 44.8 Å². The van der Waals surface area contributed by atoms with Crippen molar-refractivity contribution in [1.29, 1.82) is 0 Å². The van der Waals surface area contributed by atoms with Gasteiger partial charge in [0.25, 0.3) is 0 Å². The fourth-order valence-electron chi connectivity index (χ4n) is 2.15. The zero-order chi connectivity index (χ0) is 13.7. The number of ether oxygens (including phenoxy) is 3. The lowest BCUT2D eigenvalue weighted by molar-refractivity contribution is 0.0896. The molecule has 5 heteroatoms. The van der Waals surface area contributed by atoms with E-state index >= 15 is 0 Å². The Bertz CT molecular complexity index is 441. The fraction of sp³-hybridized carbons (Fsp3) is 0.500. The SMILES string of the molecule is COc1cc(Cl)cc(C=O)c1OCCC1CCCO1. The molecular formula is C14H17ClO4. The summed E-state index contributed by atoms with van der Waals surface area (Å²) in [6, 6.07) is 3.20. The van der Waals surface area contributed by atoms with Crippen molar-refractivity contribution in [2.24, 2.45) is 0 Å². The molecule has 1 saturated heterocycles. The molecule has 1 aromatic rings. The van der Waals surface area contributed by atoms with Crippen LogP contribution < -0.4 is 9.47 Å². The van der Waals surface area contributed by atoms with Gasteiger partial charge in [0.15, 0.2) is 17.8 Å². The summed E-state index contributed by atoms with van der Waals surface area (Å²) in [5.74, 6) is 0.918. The second kappa shape index (κ2) is 6.78. The summed E-state index contributed by atoms with van der Waals surface area (Å²) in [6.07, 6.45) is 3.97. The molecule has 104 valence electrons. The van der Waals surface area contributed by atoms with Gasteiger partial charge in [-0.1, -0.05) is 11.6 Å². The van der Waals surface area contributed by atoms with E-state index in [2.05, 4.69) is 0 Å². The van der Waals surface area contributed by atoms with Gasteiger partial charge >= 0.3 is 0 Å². The molecule has 4 nitrogen and oxygen atoms in total. The van der Waals surface area contributed by atoms with Gasteiger partial charge in [-0.2, -0.15) is 0 Å². The van der Waals surface area contributed by atoms with Crippen molar-refractivity contribution >= 4 is 17.9 Å². The highest BCUT2D eigenvalue weighted by Crippen LogP contribution is 2.34. The van der Waals surface area contributed by atoms with Crippen LogP contribution in [0.1, 0.15) is 29.6 Å². The Hall–Kier alpha value is -1.26. The number of benzene rings is 1. The second-order valence-corrected chi connectivity index (χ2v) is 4.85. The molecule has 1 heterocycles. The lowest BCUT2D eigenvalue weighted by Crippen LogP contribution is -2.11. The molecule has 1 aromatic carbocycles. The molecule has 1 aliphatic rings. The van der Waals surface area contributed by atoms with Crippen LogP contribution in [-0.2, 0) is 4.74 Å². The smallest absolute Gasteiger partial charge is 0.171 e. The quantitative estimate of drug-likeness (QED) is 0.753. The van der Waals surface area contributed by atoms with E-state index in [0.717, 1.165) is 32.2 Å². The highest BCUT2D eigenvalue weighted by atomic mass is 35.5. The van der Waals surface area contributed by atoms with Crippen LogP contribution in [0.15, 0.2) is 12.1 Å². The normalized spacial score (nSPS) is 18.3. The van der Waals surface area contributed by atoms with Crippen LogP contribution >= 0.6 is 11.6 Å². The van der Waals surface area contributed by atoms with Gasteiger partial charge in [0, 0.05) is 24.1 Å². The summed E-state index contributed by atoms with van der Waals surface area (Å²) in [4.78, 5) is 11.0. The first-order valence-electron chi connectivity index (χ1n) is 6.31. The van der Waals surface area contributed by atoms with Crippen LogP contribution in [0.3, 0.4) is 0 Å². The first-order valence-corrected chi connectivity index (χ1v) is 6.69. The number of hydrogen-bond donors (Lipinski definition) is 0. The van der Waals surface area contributed by atoms with Gasteiger partial charge in [-0.25, -0.2) is 0 Å². The Labute approximate surface area is 117 Å². The van der Waals surface area contributed by atoms with E-state index in [9.17, 15) is 4.79 Å². The van der Waals surface area contributed by atoms with E-state index < -0.39 is 0 Å². The maximum Gasteiger partial charge on any atom is 0.171 e. The van der Waals surface area contributed by atoms with E-state index in [-0.39, 0.29) is 6.10 Å². The van der Waals surface area contributed by atoms with Gasteiger partial charge in [0.05, 0.1) is 25.4 Å². The molecule has 1 atom stereocenters. The molecule has 0 amide bonds. The number of hydrogen-bond acceptors (Lipinski definition) is 4. The van der Waals surface area contributed by atoms with Gasteiger partial charge in [-0.15, -0.1) is 0 Å². The highest BCUT2D eigenvalue weighted by molar-refractivity contribution is 6.31. The first kappa shape index (κ1) is 14.2. The van der Waals surface area contributed by atoms with Gasteiger partial charge in [-0.3, -0.25) is 4.79 Å². The minimum Gasteiger partial charge on any atom is -0.493 e. The largest absolute Gasteiger partial charge is 0.493 e. The van der Waals surface area contributed by atoms with Crippen LogP contribution in [0.25, 0.3) is 0 Å². The molecule has 2 rings (SSSR count). The third kappa shape index (κ3) is 3.61. The third-order valence-electron chi connectivity index (χ3n) is 3.11. The van der Waals surface area contributed by atoms with Crippen molar-refractivity contribution in [2.45, 2.75) is 25.4 Å². The molecule has 1 unspecified atom stereocenters. The summed E-state index contributed by atoms with van der Waals surface area (Å²) in [5, 5.41) is 0.449. The number of aldehydes is 1. The molecule has 0 aliphatic carbocycles. The Morgan fingerprint density at radius 3 is 3.00 bits per heavy atom. The maximum atomic E-state index is 11.0. The van der Waals surface area contributed by atoms with Gasteiger partial charge in [0.1, 0.15) is 0 Å². The molecule has 1 aliphatic heterocycles. The number of carbonyl (C=O) groups is 1. The third-order valence-corrected chi connectivity index (χ3v) is 3.32. The lowest BCUT2D eigenvalue weighted by atomic mass is 10.2. The summed E-state index contributed by atoms with van der Waals surface area (Å²) in [6.45, 7) is 1.32. The van der Waals surface area contributed by atoms with Crippen LogP contribution in [0.2, 0.25) is 5.02 Å². The molecule has 0 spiro atoms. The van der Waals surface area contributed by atoms with Crippen molar-refractivity contribution in [1.82, 2.24) is 0 Å². The van der Waals surface area contributed by atoms with E-state index in [4.69, 9.17) is 25.8 Å². The monoisotopic (exact) mass is 284 g/mol. The van der Waals surface area contributed by atoms with Crippen molar-refractivity contribution in [3.05, 3.63) is 22.7 Å². The van der Waals surface area contributed by atoms with Crippen molar-refractivity contribution in [3.63, 3.8) is 0 Å². The van der Waals surface area contributed by atoms with E-state index in [0.29, 0.717) is 28.7 Å². The maximum absolute atomic E-state index is 11.0. The van der Waals surface area contributed by atoms with E-state index in [1.54, 1.807) is 12.1 Å². The minimum atomic E-state index is 0.262. The van der Waals surface area contributed by atoms with E-state index in [1.165, 1.54) is 7.11 Å². The molecular weight excluding hydrogens is 268 g/mol. The molecule has 1 fully saturated rings. The predicted octanol–water partition coefficient (Wildman–Crippen LogP) is 3.11. The van der Waals surface area contributed by atoms with Crippen molar-refractivity contribution in [3.8, 4) is 11.5 Å². The summed E-state index contributed by atoms with van der Waals surface area (Å²) in [7, 11) is 1.52. The molecule has 0 N–H and O–H groups in total. The summed E-state index contributed by atoms with van der Waals surface area (Å²) < 4.78 is 16.4. The first-order chi connectivity index (χ1) is 9.24.